The predicted molar refractivity (Wildman–Crippen MR) is 59.7 cm³/mol. The molecule has 0 atom stereocenters. The molecule has 0 aromatic carbocycles. The molecule has 80 valence electrons. The number of nitrogens with zero attached hydrogens (tertiary/aromatic N) is 3. The zero-order valence-corrected chi connectivity index (χ0v) is 9.70. The predicted octanol–water partition coefficient (Wildman–Crippen LogP) is 1.25. The van der Waals surface area contributed by atoms with Crippen molar-refractivity contribution >= 4 is 5.82 Å². The zero-order chi connectivity index (χ0) is 10.7. The Hall–Kier alpha value is -1.03. The molecule has 0 saturated heterocycles. The molecule has 0 radical (unpaired) electrons. The third-order valence-corrected chi connectivity index (χ3v) is 2.11. The van der Waals surface area contributed by atoms with Gasteiger partial charge in [0, 0.05) is 32.7 Å². The second-order valence-electron chi connectivity index (χ2n) is 3.96. The third-order valence-electron chi connectivity index (χ3n) is 2.11. The standard InChI is InChI=1S/C10H20N4/c1-8(2)14-9(7-11-3)6-10(12-14)13(4)5/h6,8,11H,7H2,1-5H3. The van der Waals surface area contributed by atoms with Crippen LogP contribution in [0.15, 0.2) is 6.07 Å². The van der Waals surface area contributed by atoms with Crippen molar-refractivity contribution in [1.82, 2.24) is 15.1 Å². The molecule has 1 aromatic heterocycles. The van der Waals surface area contributed by atoms with Gasteiger partial charge >= 0.3 is 0 Å². The fraction of sp³-hybridized carbons (Fsp3) is 0.700. The average molecular weight is 196 g/mol. The summed E-state index contributed by atoms with van der Waals surface area (Å²) in [6.07, 6.45) is 0. The Morgan fingerprint density at radius 3 is 2.57 bits per heavy atom. The summed E-state index contributed by atoms with van der Waals surface area (Å²) >= 11 is 0. The van der Waals surface area contributed by atoms with E-state index < -0.39 is 0 Å². The number of aromatic nitrogens is 2. The molecule has 14 heavy (non-hydrogen) atoms. The van der Waals surface area contributed by atoms with Gasteiger partial charge in [-0.1, -0.05) is 0 Å². The smallest absolute Gasteiger partial charge is 0.150 e. The van der Waals surface area contributed by atoms with Crippen LogP contribution in [0.1, 0.15) is 25.6 Å². The van der Waals surface area contributed by atoms with Crippen LogP contribution in [0.2, 0.25) is 0 Å². The highest BCUT2D eigenvalue weighted by Gasteiger charge is 2.10. The lowest BCUT2D eigenvalue weighted by Crippen LogP contribution is -2.14. The lowest BCUT2D eigenvalue weighted by Gasteiger charge is -2.10. The SMILES string of the molecule is CNCc1cc(N(C)C)nn1C(C)C. The van der Waals surface area contributed by atoms with Gasteiger partial charge in [0.15, 0.2) is 0 Å². The lowest BCUT2D eigenvalue weighted by atomic mass is 10.3. The third kappa shape index (κ3) is 2.26. The fourth-order valence-electron chi connectivity index (χ4n) is 1.40. The Bertz CT molecular complexity index is 288. The molecule has 0 spiro atoms. The quantitative estimate of drug-likeness (QED) is 0.786. The lowest BCUT2D eigenvalue weighted by molar-refractivity contribution is 0.502. The maximum atomic E-state index is 4.53. The van der Waals surface area contributed by atoms with E-state index in [1.165, 1.54) is 5.69 Å². The van der Waals surface area contributed by atoms with E-state index in [9.17, 15) is 0 Å². The zero-order valence-electron chi connectivity index (χ0n) is 9.70. The van der Waals surface area contributed by atoms with Crippen molar-refractivity contribution in [2.75, 3.05) is 26.0 Å². The number of anilines is 1. The summed E-state index contributed by atoms with van der Waals surface area (Å²) < 4.78 is 2.06. The second kappa shape index (κ2) is 4.46. The molecule has 0 aliphatic heterocycles. The first-order valence-electron chi connectivity index (χ1n) is 4.96. The van der Waals surface area contributed by atoms with E-state index in [0.717, 1.165) is 12.4 Å². The van der Waals surface area contributed by atoms with Crippen molar-refractivity contribution in [3.05, 3.63) is 11.8 Å². The Morgan fingerprint density at radius 2 is 2.14 bits per heavy atom. The van der Waals surface area contributed by atoms with Crippen molar-refractivity contribution in [1.29, 1.82) is 0 Å². The van der Waals surface area contributed by atoms with Gasteiger partial charge in [-0.3, -0.25) is 4.68 Å². The van der Waals surface area contributed by atoms with Crippen LogP contribution in [0.25, 0.3) is 0 Å². The van der Waals surface area contributed by atoms with E-state index in [0.29, 0.717) is 6.04 Å². The molecule has 1 N–H and O–H groups in total. The molecule has 0 saturated carbocycles. The van der Waals surface area contributed by atoms with E-state index >= 15 is 0 Å². The number of hydrogen-bond donors (Lipinski definition) is 1. The van der Waals surface area contributed by atoms with Crippen molar-refractivity contribution in [2.45, 2.75) is 26.4 Å². The Morgan fingerprint density at radius 1 is 1.50 bits per heavy atom. The topological polar surface area (TPSA) is 33.1 Å². The maximum absolute atomic E-state index is 4.53. The van der Waals surface area contributed by atoms with Gasteiger partial charge in [-0.2, -0.15) is 5.10 Å². The van der Waals surface area contributed by atoms with E-state index in [1.54, 1.807) is 0 Å². The van der Waals surface area contributed by atoms with Gasteiger partial charge in [-0.25, -0.2) is 0 Å². The Balaban J connectivity index is 2.99. The van der Waals surface area contributed by atoms with Gasteiger partial charge in [-0.15, -0.1) is 0 Å². The van der Waals surface area contributed by atoms with Crippen LogP contribution in [0.5, 0.6) is 0 Å². The minimum atomic E-state index is 0.409. The first kappa shape index (κ1) is 11.0. The first-order chi connectivity index (χ1) is 6.56. The van der Waals surface area contributed by atoms with Crippen LogP contribution in [0.4, 0.5) is 5.82 Å². The van der Waals surface area contributed by atoms with Crippen LogP contribution in [-0.2, 0) is 6.54 Å². The van der Waals surface area contributed by atoms with Gasteiger partial charge in [0.1, 0.15) is 5.82 Å². The minimum Gasteiger partial charge on any atom is -0.361 e. The molecule has 1 rings (SSSR count). The summed E-state index contributed by atoms with van der Waals surface area (Å²) in [6, 6.07) is 2.53. The highest BCUT2D eigenvalue weighted by molar-refractivity contribution is 5.37. The van der Waals surface area contributed by atoms with Crippen molar-refractivity contribution in [3.63, 3.8) is 0 Å². The molecular formula is C10H20N4. The molecule has 4 heteroatoms. The van der Waals surface area contributed by atoms with Crippen molar-refractivity contribution in [3.8, 4) is 0 Å². The maximum Gasteiger partial charge on any atom is 0.150 e. The molecule has 4 nitrogen and oxygen atoms in total. The van der Waals surface area contributed by atoms with E-state index in [4.69, 9.17) is 0 Å². The summed E-state index contributed by atoms with van der Waals surface area (Å²) in [5.41, 5.74) is 1.23. The average Bonchev–Trinajstić information content (AvgIpc) is 2.49. The summed E-state index contributed by atoms with van der Waals surface area (Å²) in [5, 5.41) is 7.68. The second-order valence-corrected chi connectivity index (χ2v) is 3.96. The highest BCUT2D eigenvalue weighted by atomic mass is 15.4. The van der Waals surface area contributed by atoms with Crippen LogP contribution in [-0.4, -0.2) is 30.9 Å². The molecule has 0 unspecified atom stereocenters. The van der Waals surface area contributed by atoms with Crippen LogP contribution >= 0.6 is 0 Å². The summed E-state index contributed by atoms with van der Waals surface area (Å²) in [5.74, 6) is 1.02. The van der Waals surface area contributed by atoms with E-state index in [2.05, 4.69) is 35.0 Å². The van der Waals surface area contributed by atoms with E-state index in [1.807, 2.05) is 26.0 Å². The van der Waals surface area contributed by atoms with Crippen LogP contribution in [0, 0.1) is 0 Å². The number of nitrogens with one attached hydrogen (secondary N) is 1. The van der Waals surface area contributed by atoms with Crippen LogP contribution in [0.3, 0.4) is 0 Å². The molecule has 0 aliphatic rings. The summed E-state index contributed by atoms with van der Waals surface area (Å²) in [7, 11) is 5.97. The van der Waals surface area contributed by atoms with Gasteiger partial charge in [0.25, 0.3) is 0 Å². The molecule has 1 aromatic rings. The Kier molecular flexibility index (Phi) is 3.52. The molecule has 0 fully saturated rings. The van der Waals surface area contributed by atoms with Gasteiger partial charge in [0.05, 0.1) is 5.69 Å². The summed E-state index contributed by atoms with van der Waals surface area (Å²) in [6.45, 7) is 5.15. The fourth-order valence-corrected chi connectivity index (χ4v) is 1.40. The van der Waals surface area contributed by atoms with Crippen molar-refractivity contribution in [2.24, 2.45) is 0 Å². The molecule has 1 heterocycles. The molecule has 0 bridgehead atoms. The Labute approximate surface area is 85.9 Å². The largest absolute Gasteiger partial charge is 0.361 e. The molecule has 0 aliphatic carbocycles. The number of rotatable bonds is 4. The van der Waals surface area contributed by atoms with Crippen LogP contribution < -0.4 is 10.2 Å². The van der Waals surface area contributed by atoms with Gasteiger partial charge in [-0.05, 0) is 20.9 Å². The highest BCUT2D eigenvalue weighted by Crippen LogP contribution is 2.16. The normalized spacial score (nSPS) is 11.0. The van der Waals surface area contributed by atoms with E-state index in [-0.39, 0.29) is 0 Å². The van der Waals surface area contributed by atoms with Crippen molar-refractivity contribution < 1.29 is 0 Å². The minimum absolute atomic E-state index is 0.409. The molecular weight excluding hydrogens is 176 g/mol. The molecule has 0 amide bonds. The first-order valence-corrected chi connectivity index (χ1v) is 4.96. The van der Waals surface area contributed by atoms with Gasteiger partial charge < -0.3 is 10.2 Å². The summed E-state index contributed by atoms with van der Waals surface area (Å²) in [4.78, 5) is 2.03. The van der Waals surface area contributed by atoms with Gasteiger partial charge in [0.2, 0.25) is 0 Å². The number of hydrogen-bond acceptors (Lipinski definition) is 3. The monoisotopic (exact) mass is 196 g/mol.